The highest BCUT2D eigenvalue weighted by Gasteiger charge is 2.29. The van der Waals surface area contributed by atoms with Gasteiger partial charge in [-0.3, -0.25) is 4.90 Å². The third-order valence-electron chi connectivity index (χ3n) is 7.25. The first kappa shape index (κ1) is 25.5. The topological polar surface area (TPSA) is 46.7 Å². The van der Waals surface area contributed by atoms with Gasteiger partial charge in [-0.25, -0.2) is 4.99 Å². The van der Waals surface area contributed by atoms with Gasteiger partial charge < -0.3 is 15.2 Å². The van der Waals surface area contributed by atoms with Gasteiger partial charge in [0.25, 0.3) is 0 Å². The van der Waals surface area contributed by atoms with Crippen molar-refractivity contribution in [3.8, 4) is 0 Å². The quantitative estimate of drug-likeness (QED) is 0.497. The van der Waals surface area contributed by atoms with Crippen LogP contribution in [0.3, 0.4) is 0 Å². The summed E-state index contributed by atoms with van der Waals surface area (Å²) < 4.78 is 0. The van der Waals surface area contributed by atoms with Crippen molar-refractivity contribution in [2.75, 3.05) is 31.1 Å². The van der Waals surface area contributed by atoms with Gasteiger partial charge in [-0.15, -0.1) is 0 Å². The summed E-state index contributed by atoms with van der Waals surface area (Å²) in [6.45, 7) is 16.5. The summed E-state index contributed by atoms with van der Waals surface area (Å²) in [5.41, 5.74) is 7.33. The number of fused-ring (bicyclic) bond motifs is 1. The van der Waals surface area contributed by atoms with E-state index in [0.717, 1.165) is 49.9 Å². The smallest absolute Gasteiger partial charge is 0.154 e. The van der Waals surface area contributed by atoms with Gasteiger partial charge in [-0.05, 0) is 48.4 Å². The Hall–Kier alpha value is -2.63. The lowest BCUT2D eigenvalue weighted by Crippen LogP contribution is -2.42. The highest BCUT2D eigenvalue weighted by atomic mass is 15.2. The minimum atomic E-state index is 0.544. The standard InChI is InChI=1S/C27H35N5.C3H8/c1-20(23-10-8-22(9-11-23)19-31-16-14-28-15-17-31)26-18-30-27-25(12-13-29-27)32(26)21(2)24-6-4-3-5-7-24;1-3-2/h8-13,18,24,28-29H,2-7,14-17,19H2,1H3;3H2,1-2H3/b26-20+;. The molecule has 1 saturated carbocycles. The average Bonchev–Trinajstić information content (AvgIpc) is 3.38. The molecule has 188 valence electrons. The second-order valence-electron chi connectivity index (χ2n) is 10.1. The van der Waals surface area contributed by atoms with Crippen molar-refractivity contribution in [1.29, 1.82) is 0 Å². The molecule has 2 fully saturated rings. The molecule has 5 rings (SSSR count). The molecule has 2 aromatic rings. The van der Waals surface area contributed by atoms with Crippen LogP contribution in [0.1, 0.15) is 70.4 Å². The number of benzene rings is 1. The fraction of sp³-hybridized carbons (Fsp3) is 0.500. The highest BCUT2D eigenvalue weighted by molar-refractivity contribution is 6.01. The third kappa shape index (κ3) is 6.14. The van der Waals surface area contributed by atoms with Crippen LogP contribution in [0.4, 0.5) is 11.5 Å². The number of aromatic amines is 1. The Bertz CT molecular complexity index is 1020. The van der Waals surface area contributed by atoms with Gasteiger partial charge in [-0.1, -0.05) is 70.4 Å². The van der Waals surface area contributed by atoms with Crippen LogP contribution in [0.2, 0.25) is 0 Å². The van der Waals surface area contributed by atoms with Crippen molar-refractivity contribution in [2.24, 2.45) is 10.9 Å². The van der Waals surface area contributed by atoms with Crippen LogP contribution >= 0.6 is 0 Å². The first-order chi connectivity index (χ1) is 17.1. The number of aromatic nitrogens is 1. The van der Waals surface area contributed by atoms with Gasteiger partial charge >= 0.3 is 0 Å². The molecule has 2 N–H and O–H groups in total. The number of allylic oxidation sites excluding steroid dienone is 3. The molecule has 0 amide bonds. The first-order valence-corrected chi connectivity index (χ1v) is 13.6. The number of hydrogen-bond donors (Lipinski definition) is 2. The van der Waals surface area contributed by atoms with Gasteiger partial charge in [0.2, 0.25) is 0 Å². The number of H-pyrrole nitrogens is 1. The normalized spacial score (nSPS) is 20.1. The number of nitrogens with one attached hydrogen (secondary N) is 2. The summed E-state index contributed by atoms with van der Waals surface area (Å²) in [6, 6.07) is 11.2. The molecule has 0 radical (unpaired) electrons. The van der Waals surface area contributed by atoms with E-state index in [0.29, 0.717) is 5.92 Å². The Balaban J connectivity index is 0.000000917. The van der Waals surface area contributed by atoms with Crippen molar-refractivity contribution in [3.63, 3.8) is 0 Å². The Labute approximate surface area is 212 Å². The first-order valence-electron chi connectivity index (χ1n) is 13.6. The molecule has 2 aliphatic heterocycles. The Kier molecular flexibility index (Phi) is 9.00. The zero-order valence-electron chi connectivity index (χ0n) is 21.9. The summed E-state index contributed by atoms with van der Waals surface area (Å²) in [4.78, 5) is 12.9. The fourth-order valence-electron chi connectivity index (χ4n) is 5.28. The van der Waals surface area contributed by atoms with Gasteiger partial charge in [0.1, 0.15) is 0 Å². The van der Waals surface area contributed by atoms with Crippen LogP contribution < -0.4 is 10.2 Å². The minimum Gasteiger partial charge on any atom is -0.345 e. The predicted molar refractivity (Wildman–Crippen MR) is 150 cm³/mol. The number of aliphatic imine (C=N–C) groups is 1. The van der Waals surface area contributed by atoms with Crippen molar-refractivity contribution in [3.05, 3.63) is 65.6 Å². The van der Waals surface area contributed by atoms with E-state index in [-0.39, 0.29) is 0 Å². The molecule has 3 heterocycles. The largest absolute Gasteiger partial charge is 0.345 e. The van der Waals surface area contributed by atoms with Gasteiger partial charge in [-0.2, -0.15) is 0 Å². The zero-order chi connectivity index (χ0) is 24.6. The van der Waals surface area contributed by atoms with E-state index in [9.17, 15) is 0 Å². The van der Waals surface area contributed by atoms with Gasteiger partial charge in [0.15, 0.2) is 5.82 Å². The maximum atomic E-state index is 4.72. The van der Waals surface area contributed by atoms with Gasteiger partial charge in [0, 0.05) is 44.6 Å². The molecule has 5 heteroatoms. The maximum Gasteiger partial charge on any atom is 0.154 e. The van der Waals surface area contributed by atoms with Crippen LogP contribution in [-0.4, -0.2) is 42.3 Å². The zero-order valence-corrected chi connectivity index (χ0v) is 21.9. The average molecular weight is 474 g/mol. The number of rotatable bonds is 5. The molecule has 1 aromatic heterocycles. The molecule has 0 spiro atoms. The summed E-state index contributed by atoms with van der Waals surface area (Å²) in [7, 11) is 0. The molecule has 3 aliphatic rings. The summed E-state index contributed by atoms with van der Waals surface area (Å²) in [5, 5.41) is 3.43. The van der Waals surface area contributed by atoms with E-state index in [2.05, 4.69) is 77.8 Å². The van der Waals surface area contributed by atoms with Gasteiger partial charge in [0.05, 0.1) is 17.6 Å². The second-order valence-corrected chi connectivity index (χ2v) is 10.1. The van der Waals surface area contributed by atoms with Crippen molar-refractivity contribution < 1.29 is 0 Å². The Morgan fingerprint density at radius 2 is 1.71 bits per heavy atom. The lowest BCUT2D eigenvalue weighted by atomic mass is 9.86. The lowest BCUT2D eigenvalue weighted by molar-refractivity contribution is 0.233. The van der Waals surface area contributed by atoms with Crippen LogP contribution in [0.15, 0.2) is 59.5 Å². The van der Waals surface area contributed by atoms with E-state index in [1.54, 1.807) is 0 Å². The molecule has 0 unspecified atom stereocenters. The number of hydrogen-bond acceptors (Lipinski definition) is 4. The Morgan fingerprint density at radius 1 is 1.03 bits per heavy atom. The number of piperazine rings is 1. The molecular formula is C30H43N5. The number of anilines is 1. The molecule has 0 bridgehead atoms. The molecule has 1 aliphatic carbocycles. The number of nitrogens with zero attached hydrogens (tertiary/aromatic N) is 3. The van der Waals surface area contributed by atoms with E-state index >= 15 is 0 Å². The molecular weight excluding hydrogens is 430 g/mol. The van der Waals surface area contributed by atoms with E-state index < -0.39 is 0 Å². The maximum absolute atomic E-state index is 4.72. The molecule has 35 heavy (non-hydrogen) atoms. The molecule has 1 aromatic carbocycles. The molecule has 5 nitrogen and oxygen atoms in total. The fourth-order valence-corrected chi connectivity index (χ4v) is 5.28. The van der Waals surface area contributed by atoms with E-state index in [1.807, 2.05) is 12.4 Å². The van der Waals surface area contributed by atoms with Crippen molar-refractivity contribution in [2.45, 2.75) is 65.8 Å². The van der Waals surface area contributed by atoms with Crippen LogP contribution in [0.25, 0.3) is 5.57 Å². The predicted octanol–water partition coefficient (Wildman–Crippen LogP) is 6.88. The minimum absolute atomic E-state index is 0.544. The van der Waals surface area contributed by atoms with E-state index in [4.69, 9.17) is 4.99 Å². The van der Waals surface area contributed by atoms with E-state index in [1.165, 1.54) is 60.9 Å². The van der Waals surface area contributed by atoms with Crippen LogP contribution in [-0.2, 0) is 6.54 Å². The molecule has 0 atom stereocenters. The second kappa shape index (κ2) is 12.4. The van der Waals surface area contributed by atoms with Crippen LogP contribution in [0, 0.1) is 5.92 Å². The van der Waals surface area contributed by atoms with Crippen LogP contribution in [0.5, 0.6) is 0 Å². The summed E-state index contributed by atoms with van der Waals surface area (Å²) in [6.07, 6.45) is 11.7. The SMILES string of the molecule is C=C(C1CCCCC1)N1/C(=C(\C)c2ccc(CN3CCNCC3)cc2)C=Nc2[nH]ccc21.CCC. The monoisotopic (exact) mass is 473 g/mol. The van der Waals surface area contributed by atoms with Crippen molar-refractivity contribution >= 4 is 23.3 Å². The molecule has 1 saturated heterocycles. The highest BCUT2D eigenvalue weighted by Crippen LogP contribution is 2.42. The summed E-state index contributed by atoms with van der Waals surface area (Å²) >= 11 is 0. The summed E-state index contributed by atoms with van der Waals surface area (Å²) in [5.74, 6) is 1.46. The lowest BCUT2D eigenvalue weighted by Gasteiger charge is -2.36. The third-order valence-corrected chi connectivity index (χ3v) is 7.25. The van der Waals surface area contributed by atoms with Crippen molar-refractivity contribution in [1.82, 2.24) is 15.2 Å². The Morgan fingerprint density at radius 3 is 2.40 bits per heavy atom.